The first-order valence-electron chi connectivity index (χ1n) is 4.51. The van der Waals surface area contributed by atoms with Crippen molar-refractivity contribution in [3.8, 4) is 0 Å². The number of sulfone groups is 1. The highest BCUT2D eigenvalue weighted by Crippen LogP contribution is 2.21. The fraction of sp³-hybridized carbons (Fsp3) is 1.00. The Kier molecular flexibility index (Phi) is 3.12. The summed E-state index contributed by atoms with van der Waals surface area (Å²) in [5.74, 6) is 0.796. The SMILES string of the molecule is CCCC1CS(=O)(=O)CCC1N. The average Bonchev–Trinajstić information content (AvgIpc) is 1.97. The molecule has 2 atom stereocenters. The third-order valence-electron chi connectivity index (χ3n) is 2.50. The van der Waals surface area contributed by atoms with E-state index in [0.717, 1.165) is 12.8 Å². The maximum atomic E-state index is 11.2. The largest absolute Gasteiger partial charge is 0.327 e. The van der Waals surface area contributed by atoms with Gasteiger partial charge in [0.2, 0.25) is 0 Å². The van der Waals surface area contributed by atoms with Crippen LogP contribution in [0.3, 0.4) is 0 Å². The van der Waals surface area contributed by atoms with Gasteiger partial charge in [-0.3, -0.25) is 0 Å². The van der Waals surface area contributed by atoms with Crippen LogP contribution in [-0.2, 0) is 9.84 Å². The predicted molar refractivity (Wildman–Crippen MR) is 49.6 cm³/mol. The lowest BCUT2D eigenvalue weighted by molar-refractivity contribution is 0.395. The van der Waals surface area contributed by atoms with E-state index in [0.29, 0.717) is 12.2 Å². The van der Waals surface area contributed by atoms with Gasteiger partial charge >= 0.3 is 0 Å². The number of hydrogen-bond donors (Lipinski definition) is 1. The lowest BCUT2D eigenvalue weighted by Gasteiger charge is -2.27. The average molecular weight is 191 g/mol. The quantitative estimate of drug-likeness (QED) is 0.693. The van der Waals surface area contributed by atoms with Crippen LogP contribution in [0.15, 0.2) is 0 Å². The normalized spacial score (nSPS) is 34.8. The summed E-state index contributed by atoms with van der Waals surface area (Å²) in [5, 5.41) is 0. The molecule has 0 spiro atoms. The van der Waals surface area contributed by atoms with Crippen LogP contribution in [-0.4, -0.2) is 26.0 Å². The molecule has 1 rings (SSSR count). The zero-order valence-corrected chi connectivity index (χ0v) is 8.31. The Morgan fingerprint density at radius 1 is 1.50 bits per heavy atom. The molecule has 12 heavy (non-hydrogen) atoms. The third-order valence-corrected chi connectivity index (χ3v) is 4.29. The van der Waals surface area contributed by atoms with E-state index in [9.17, 15) is 8.42 Å². The first-order valence-corrected chi connectivity index (χ1v) is 6.33. The van der Waals surface area contributed by atoms with Crippen LogP contribution in [0.5, 0.6) is 0 Å². The lowest BCUT2D eigenvalue weighted by Crippen LogP contribution is -2.41. The minimum absolute atomic E-state index is 0.105. The van der Waals surface area contributed by atoms with Crippen LogP contribution >= 0.6 is 0 Å². The van der Waals surface area contributed by atoms with Gasteiger partial charge in [0, 0.05) is 6.04 Å². The molecular formula is C8H17NO2S. The summed E-state index contributed by atoms with van der Waals surface area (Å²) in [6, 6.07) is 0.105. The summed E-state index contributed by atoms with van der Waals surface area (Å²) in [4.78, 5) is 0. The van der Waals surface area contributed by atoms with Crippen molar-refractivity contribution in [2.75, 3.05) is 11.5 Å². The second kappa shape index (κ2) is 3.75. The minimum atomic E-state index is -2.77. The Morgan fingerprint density at radius 2 is 2.17 bits per heavy atom. The summed E-state index contributed by atoms with van der Waals surface area (Å²) < 4.78 is 22.5. The molecule has 1 fully saturated rings. The van der Waals surface area contributed by atoms with Crippen molar-refractivity contribution in [3.05, 3.63) is 0 Å². The Balaban J connectivity index is 2.59. The van der Waals surface area contributed by atoms with Gasteiger partial charge in [-0.2, -0.15) is 0 Å². The van der Waals surface area contributed by atoms with Crippen LogP contribution in [0, 0.1) is 5.92 Å². The van der Waals surface area contributed by atoms with E-state index >= 15 is 0 Å². The van der Waals surface area contributed by atoms with Crippen LogP contribution in [0.25, 0.3) is 0 Å². The first kappa shape index (κ1) is 9.99. The van der Waals surface area contributed by atoms with Gasteiger partial charge in [-0.1, -0.05) is 13.3 Å². The van der Waals surface area contributed by atoms with Gasteiger partial charge in [0.15, 0.2) is 9.84 Å². The van der Waals surface area contributed by atoms with Gasteiger partial charge in [-0.15, -0.1) is 0 Å². The summed E-state index contributed by atoms with van der Waals surface area (Å²) in [5.41, 5.74) is 5.82. The molecule has 0 radical (unpaired) electrons. The van der Waals surface area contributed by atoms with Gasteiger partial charge in [-0.25, -0.2) is 8.42 Å². The molecule has 1 aliphatic rings. The van der Waals surface area contributed by atoms with E-state index in [1.54, 1.807) is 0 Å². The van der Waals surface area contributed by atoms with Gasteiger partial charge in [0.05, 0.1) is 11.5 Å². The van der Waals surface area contributed by atoms with Crippen molar-refractivity contribution >= 4 is 9.84 Å². The molecule has 0 aromatic carbocycles. The minimum Gasteiger partial charge on any atom is -0.327 e. The number of hydrogen-bond acceptors (Lipinski definition) is 3. The first-order chi connectivity index (χ1) is 5.55. The standard InChI is InChI=1S/C8H17NO2S/c1-2-3-7-6-12(10,11)5-4-8(7)9/h7-8H,2-6,9H2,1H3. The molecule has 1 saturated heterocycles. The molecule has 0 aromatic rings. The highest BCUT2D eigenvalue weighted by Gasteiger charge is 2.29. The topological polar surface area (TPSA) is 60.2 Å². The van der Waals surface area contributed by atoms with Gasteiger partial charge in [-0.05, 0) is 18.8 Å². The highest BCUT2D eigenvalue weighted by molar-refractivity contribution is 7.91. The fourth-order valence-corrected chi connectivity index (χ4v) is 3.62. The van der Waals surface area contributed by atoms with Crippen molar-refractivity contribution in [3.63, 3.8) is 0 Å². The molecule has 0 saturated carbocycles. The van der Waals surface area contributed by atoms with Crippen LogP contribution in [0.2, 0.25) is 0 Å². The summed E-state index contributed by atoms with van der Waals surface area (Å²) >= 11 is 0. The Hall–Kier alpha value is -0.0900. The highest BCUT2D eigenvalue weighted by atomic mass is 32.2. The molecule has 3 nitrogen and oxygen atoms in total. The Bertz CT molecular complexity index is 235. The molecule has 4 heteroatoms. The molecule has 0 bridgehead atoms. The molecule has 2 N–H and O–H groups in total. The van der Waals surface area contributed by atoms with E-state index in [4.69, 9.17) is 5.73 Å². The van der Waals surface area contributed by atoms with Crippen molar-refractivity contribution in [1.29, 1.82) is 0 Å². The monoisotopic (exact) mass is 191 g/mol. The number of nitrogens with two attached hydrogens (primary N) is 1. The lowest BCUT2D eigenvalue weighted by atomic mass is 9.95. The Labute approximate surface area is 74.3 Å². The van der Waals surface area contributed by atoms with Gasteiger partial charge in [0.25, 0.3) is 0 Å². The second-order valence-corrected chi connectivity index (χ2v) is 5.84. The smallest absolute Gasteiger partial charge is 0.150 e. The molecule has 0 amide bonds. The zero-order valence-electron chi connectivity index (χ0n) is 7.49. The maximum absolute atomic E-state index is 11.2. The van der Waals surface area contributed by atoms with Crippen molar-refractivity contribution in [2.45, 2.75) is 32.2 Å². The van der Waals surface area contributed by atoms with Crippen molar-refractivity contribution < 1.29 is 8.42 Å². The van der Waals surface area contributed by atoms with Gasteiger partial charge in [0.1, 0.15) is 0 Å². The van der Waals surface area contributed by atoms with Gasteiger partial charge < -0.3 is 5.73 Å². The molecule has 2 unspecified atom stereocenters. The fourth-order valence-electron chi connectivity index (χ4n) is 1.75. The molecular weight excluding hydrogens is 174 g/mol. The predicted octanol–water partition coefficient (Wildman–Crippen LogP) is 0.549. The summed E-state index contributed by atoms with van der Waals surface area (Å²) in [6.45, 7) is 2.06. The second-order valence-electron chi connectivity index (χ2n) is 3.62. The summed E-state index contributed by atoms with van der Waals surface area (Å²) in [6.07, 6.45) is 2.61. The molecule has 1 heterocycles. The molecule has 0 aliphatic carbocycles. The molecule has 0 aromatic heterocycles. The maximum Gasteiger partial charge on any atom is 0.150 e. The van der Waals surface area contributed by atoms with Crippen molar-refractivity contribution in [1.82, 2.24) is 0 Å². The van der Waals surface area contributed by atoms with E-state index in [1.165, 1.54) is 0 Å². The van der Waals surface area contributed by atoms with E-state index in [2.05, 4.69) is 6.92 Å². The molecule has 72 valence electrons. The van der Waals surface area contributed by atoms with Crippen LogP contribution in [0.1, 0.15) is 26.2 Å². The van der Waals surface area contributed by atoms with E-state index in [-0.39, 0.29) is 17.7 Å². The van der Waals surface area contributed by atoms with Crippen molar-refractivity contribution in [2.24, 2.45) is 11.7 Å². The van der Waals surface area contributed by atoms with E-state index < -0.39 is 9.84 Å². The van der Waals surface area contributed by atoms with E-state index in [1.807, 2.05) is 0 Å². The third kappa shape index (κ3) is 2.45. The Morgan fingerprint density at radius 3 is 2.75 bits per heavy atom. The van der Waals surface area contributed by atoms with Crippen LogP contribution in [0.4, 0.5) is 0 Å². The summed E-state index contributed by atoms with van der Waals surface area (Å²) in [7, 11) is -2.77. The zero-order chi connectivity index (χ0) is 9.19. The molecule has 1 aliphatic heterocycles. The van der Waals surface area contributed by atoms with Crippen LogP contribution < -0.4 is 5.73 Å². The number of rotatable bonds is 2.